The van der Waals surface area contributed by atoms with E-state index in [4.69, 9.17) is 5.73 Å². The molecule has 17 heavy (non-hydrogen) atoms. The van der Waals surface area contributed by atoms with Crippen LogP contribution in [0.4, 0.5) is 32.0 Å². The normalized spacial score (nSPS) is 13.2. The maximum atomic E-state index is 12.4. The molecule has 0 saturated heterocycles. The third-order valence-corrected chi connectivity index (χ3v) is 2.21. The molecule has 7 heteroatoms. The highest BCUT2D eigenvalue weighted by molar-refractivity contribution is 5.51. The predicted octanol–water partition coefficient (Wildman–Crippen LogP) is 3.79. The molecule has 0 unspecified atom stereocenters. The van der Waals surface area contributed by atoms with Crippen LogP contribution in [-0.4, -0.2) is 12.4 Å². The molecule has 0 spiro atoms. The van der Waals surface area contributed by atoms with E-state index in [1.807, 2.05) is 0 Å². The first kappa shape index (κ1) is 13.7. The van der Waals surface area contributed by atoms with Gasteiger partial charge in [-0.2, -0.15) is 26.3 Å². The summed E-state index contributed by atoms with van der Waals surface area (Å²) in [6, 6.07) is 3.01. The summed E-state index contributed by atoms with van der Waals surface area (Å²) in [7, 11) is 0. The smallest absolute Gasteiger partial charge is 0.398 e. The molecule has 96 valence electrons. The van der Waals surface area contributed by atoms with E-state index in [0.29, 0.717) is 5.56 Å². The van der Waals surface area contributed by atoms with E-state index >= 15 is 0 Å². The lowest BCUT2D eigenvalue weighted by Crippen LogP contribution is -2.34. The van der Waals surface area contributed by atoms with Crippen molar-refractivity contribution in [3.8, 4) is 0 Å². The van der Waals surface area contributed by atoms with Crippen molar-refractivity contribution in [1.29, 1.82) is 0 Å². The lowest BCUT2D eigenvalue weighted by molar-refractivity contribution is -0.253. The zero-order valence-electron chi connectivity index (χ0n) is 8.65. The summed E-state index contributed by atoms with van der Waals surface area (Å²) >= 11 is 0. The third kappa shape index (κ3) is 3.04. The fourth-order valence-electron chi connectivity index (χ4n) is 1.50. The Morgan fingerprint density at radius 1 is 1.00 bits per heavy atom. The van der Waals surface area contributed by atoms with Crippen molar-refractivity contribution in [2.45, 2.75) is 25.2 Å². The summed E-state index contributed by atoms with van der Waals surface area (Å²) in [6.07, 6.45) is -10.8. The molecule has 0 aliphatic carbocycles. The summed E-state index contributed by atoms with van der Waals surface area (Å²) in [4.78, 5) is 0. The highest BCUT2D eigenvalue weighted by Crippen LogP contribution is 2.47. The number of aryl methyl sites for hydroxylation is 1. The highest BCUT2D eigenvalue weighted by Gasteiger charge is 2.57. The van der Waals surface area contributed by atoms with Crippen molar-refractivity contribution in [2.24, 2.45) is 0 Å². The Morgan fingerprint density at radius 3 is 1.82 bits per heavy atom. The highest BCUT2D eigenvalue weighted by atomic mass is 19.4. The van der Waals surface area contributed by atoms with Gasteiger partial charge in [0.25, 0.3) is 0 Å². The van der Waals surface area contributed by atoms with E-state index in [0.717, 1.165) is 18.2 Å². The number of benzene rings is 1. The van der Waals surface area contributed by atoms with Crippen molar-refractivity contribution >= 4 is 5.69 Å². The molecular formula is C10H9F6N. The van der Waals surface area contributed by atoms with Crippen molar-refractivity contribution in [1.82, 2.24) is 0 Å². The van der Waals surface area contributed by atoms with Gasteiger partial charge in [-0.25, -0.2) is 0 Å². The van der Waals surface area contributed by atoms with E-state index in [-0.39, 0.29) is 0 Å². The summed E-state index contributed by atoms with van der Waals surface area (Å²) in [5.74, 6) is -3.55. The molecule has 0 amide bonds. The van der Waals surface area contributed by atoms with Crippen molar-refractivity contribution in [2.75, 3.05) is 5.73 Å². The van der Waals surface area contributed by atoms with Gasteiger partial charge in [0.1, 0.15) is 0 Å². The van der Waals surface area contributed by atoms with Gasteiger partial charge in [0, 0.05) is 5.69 Å². The molecule has 0 radical (unpaired) electrons. The Hall–Kier alpha value is -1.40. The number of halogens is 6. The Labute approximate surface area is 93.2 Å². The Balaban J connectivity index is 3.34. The minimum atomic E-state index is -5.42. The van der Waals surface area contributed by atoms with Crippen LogP contribution in [-0.2, 0) is 0 Å². The SMILES string of the molecule is Cc1ccc(C(C(F)(F)F)C(F)(F)F)c(N)c1. The van der Waals surface area contributed by atoms with Crippen LogP contribution < -0.4 is 5.73 Å². The molecule has 0 aliphatic heterocycles. The molecule has 1 nitrogen and oxygen atoms in total. The Kier molecular flexibility index (Phi) is 3.31. The predicted molar refractivity (Wildman–Crippen MR) is 50.4 cm³/mol. The van der Waals surface area contributed by atoms with Gasteiger partial charge in [-0.15, -0.1) is 0 Å². The largest absolute Gasteiger partial charge is 0.404 e. The van der Waals surface area contributed by atoms with Crippen LogP contribution in [0.2, 0.25) is 0 Å². The fourth-order valence-corrected chi connectivity index (χ4v) is 1.50. The molecule has 1 rings (SSSR count). The van der Waals surface area contributed by atoms with E-state index in [2.05, 4.69) is 0 Å². The first-order valence-corrected chi connectivity index (χ1v) is 4.53. The van der Waals surface area contributed by atoms with Crippen molar-refractivity contribution < 1.29 is 26.3 Å². The standard InChI is InChI=1S/C10H9F6N/c1-5-2-3-6(7(17)4-5)8(9(11,12)13)10(14,15)16/h2-4,8H,17H2,1H3. The number of nitrogens with two attached hydrogens (primary N) is 1. The van der Waals surface area contributed by atoms with Gasteiger partial charge in [-0.1, -0.05) is 12.1 Å². The van der Waals surface area contributed by atoms with Crippen LogP contribution >= 0.6 is 0 Å². The quantitative estimate of drug-likeness (QED) is 0.601. The fraction of sp³-hybridized carbons (Fsp3) is 0.400. The average Bonchev–Trinajstić information content (AvgIpc) is 2.04. The molecule has 1 aromatic carbocycles. The van der Waals surface area contributed by atoms with Crippen LogP contribution in [0.25, 0.3) is 0 Å². The van der Waals surface area contributed by atoms with Crippen molar-refractivity contribution in [3.63, 3.8) is 0 Å². The van der Waals surface area contributed by atoms with Gasteiger partial charge in [0.2, 0.25) is 0 Å². The summed E-state index contributed by atoms with van der Waals surface area (Å²) in [6.45, 7) is 1.52. The van der Waals surface area contributed by atoms with Crippen LogP contribution in [0.15, 0.2) is 18.2 Å². The van der Waals surface area contributed by atoms with E-state index in [1.165, 1.54) is 6.92 Å². The van der Waals surface area contributed by atoms with Gasteiger partial charge in [-0.05, 0) is 24.1 Å². The summed E-state index contributed by atoms with van der Waals surface area (Å²) in [5, 5.41) is 0. The number of hydrogen-bond donors (Lipinski definition) is 1. The van der Waals surface area contributed by atoms with Gasteiger partial charge >= 0.3 is 12.4 Å². The van der Waals surface area contributed by atoms with Crippen LogP contribution in [0.5, 0.6) is 0 Å². The van der Waals surface area contributed by atoms with Gasteiger partial charge in [0.15, 0.2) is 5.92 Å². The Morgan fingerprint density at radius 2 is 1.47 bits per heavy atom. The molecule has 1 aromatic rings. The van der Waals surface area contributed by atoms with E-state index in [9.17, 15) is 26.3 Å². The van der Waals surface area contributed by atoms with Crippen LogP contribution in [0.1, 0.15) is 17.0 Å². The van der Waals surface area contributed by atoms with Crippen LogP contribution in [0, 0.1) is 6.92 Å². The number of anilines is 1. The maximum Gasteiger partial charge on any atom is 0.404 e. The zero-order chi connectivity index (χ0) is 13.4. The monoisotopic (exact) mass is 257 g/mol. The number of rotatable bonds is 1. The lowest BCUT2D eigenvalue weighted by Gasteiger charge is -2.24. The molecule has 0 aromatic heterocycles. The molecule has 2 N–H and O–H groups in total. The van der Waals surface area contributed by atoms with E-state index < -0.39 is 29.5 Å². The van der Waals surface area contributed by atoms with Gasteiger partial charge < -0.3 is 5.73 Å². The topological polar surface area (TPSA) is 26.0 Å². The number of hydrogen-bond acceptors (Lipinski definition) is 1. The van der Waals surface area contributed by atoms with Crippen LogP contribution in [0.3, 0.4) is 0 Å². The first-order chi connectivity index (χ1) is 7.53. The second kappa shape index (κ2) is 4.12. The van der Waals surface area contributed by atoms with Crippen molar-refractivity contribution in [3.05, 3.63) is 29.3 Å². The maximum absolute atomic E-state index is 12.4. The first-order valence-electron chi connectivity index (χ1n) is 4.53. The minimum absolute atomic E-state index is 0.495. The number of alkyl halides is 6. The molecule has 0 atom stereocenters. The second-order valence-corrected chi connectivity index (χ2v) is 3.65. The third-order valence-electron chi connectivity index (χ3n) is 2.21. The molecule has 0 heterocycles. The summed E-state index contributed by atoms with van der Waals surface area (Å²) in [5.41, 5.74) is 4.24. The zero-order valence-corrected chi connectivity index (χ0v) is 8.65. The lowest BCUT2D eigenvalue weighted by atomic mass is 9.95. The van der Waals surface area contributed by atoms with Gasteiger partial charge in [-0.3, -0.25) is 0 Å². The average molecular weight is 257 g/mol. The molecule has 0 saturated carbocycles. The molecule has 0 aliphatic rings. The Bertz CT molecular complexity index is 392. The minimum Gasteiger partial charge on any atom is -0.398 e. The second-order valence-electron chi connectivity index (χ2n) is 3.65. The number of nitrogen functional groups attached to an aromatic ring is 1. The van der Waals surface area contributed by atoms with E-state index in [1.54, 1.807) is 0 Å². The summed E-state index contributed by atoms with van der Waals surface area (Å²) < 4.78 is 74.4. The molecule has 0 bridgehead atoms. The van der Waals surface area contributed by atoms with Gasteiger partial charge in [0.05, 0.1) is 0 Å². The molecule has 0 fully saturated rings. The molecular weight excluding hydrogens is 248 g/mol.